The van der Waals surface area contributed by atoms with Gasteiger partial charge in [0.15, 0.2) is 0 Å². The predicted octanol–water partition coefficient (Wildman–Crippen LogP) is 13.3. The molecule has 0 saturated carbocycles. The average Bonchev–Trinajstić information content (AvgIpc) is 4.02. The Labute approximate surface area is 333 Å². The molecule has 0 radical (unpaired) electrons. The summed E-state index contributed by atoms with van der Waals surface area (Å²) in [5, 5.41) is 8.67. The van der Waals surface area contributed by atoms with Crippen LogP contribution in [0.3, 0.4) is 0 Å². The van der Waals surface area contributed by atoms with Gasteiger partial charge < -0.3 is 9.13 Å². The lowest BCUT2D eigenvalue weighted by Gasteiger charge is -2.14. The van der Waals surface area contributed by atoms with Crippen LogP contribution in [0.25, 0.3) is 105 Å². The molecule has 7 aromatic carbocycles. The number of hydrogen-bond donors (Lipinski definition) is 0. The smallest absolute Gasteiger partial charge is 0.140 e. The number of rotatable bonds is 4. The molecule has 5 heteroatoms. The monoisotopic (exact) mass is 741 g/mol. The van der Waals surface area contributed by atoms with Crippen molar-refractivity contribution >= 4 is 82.4 Å². The molecule has 12 aromatic rings. The first-order chi connectivity index (χ1) is 28.8. The number of benzene rings is 7. The third kappa shape index (κ3) is 4.22. The van der Waals surface area contributed by atoms with Crippen LogP contribution < -0.4 is 0 Å². The first kappa shape index (κ1) is 31.6. The van der Waals surface area contributed by atoms with E-state index in [1.54, 1.807) is 0 Å². The average molecular weight is 742 g/mol. The first-order valence-corrected chi connectivity index (χ1v) is 20.1. The van der Waals surface area contributed by atoms with Gasteiger partial charge in [0.25, 0.3) is 0 Å². The van der Waals surface area contributed by atoms with Crippen LogP contribution in [0.2, 0.25) is 0 Å². The van der Waals surface area contributed by atoms with Gasteiger partial charge in [0.2, 0.25) is 0 Å². The van der Waals surface area contributed by atoms with E-state index in [0.29, 0.717) is 0 Å². The summed E-state index contributed by atoms with van der Waals surface area (Å²) >= 11 is 0. The number of aromatic nitrogens is 5. The van der Waals surface area contributed by atoms with Crippen LogP contribution in [0.1, 0.15) is 17.7 Å². The Hall–Kier alpha value is -7.63. The lowest BCUT2D eigenvalue weighted by Crippen LogP contribution is -2.03. The summed E-state index contributed by atoms with van der Waals surface area (Å²) in [5.74, 6) is 1.77. The van der Waals surface area contributed by atoms with E-state index in [2.05, 4.69) is 206 Å². The second-order valence-electron chi connectivity index (χ2n) is 15.4. The number of allylic oxidation sites excluding steroid dienone is 1. The lowest BCUT2D eigenvalue weighted by atomic mass is 10.0. The molecule has 0 saturated heterocycles. The zero-order valence-corrected chi connectivity index (χ0v) is 31.5. The highest BCUT2D eigenvalue weighted by Gasteiger charge is 2.25. The molecule has 0 unspecified atom stereocenters. The third-order valence-electron chi connectivity index (χ3n) is 12.4. The van der Waals surface area contributed by atoms with Gasteiger partial charge in [-0.2, -0.15) is 0 Å². The molecule has 0 amide bonds. The number of para-hydroxylation sites is 5. The number of hydrogen-bond acceptors (Lipinski definition) is 1. The van der Waals surface area contributed by atoms with Crippen molar-refractivity contribution in [1.82, 2.24) is 23.3 Å². The van der Waals surface area contributed by atoms with Gasteiger partial charge in [0.05, 0.1) is 38.6 Å². The first-order valence-electron chi connectivity index (χ1n) is 20.1. The highest BCUT2D eigenvalue weighted by Crippen LogP contribution is 2.44. The fourth-order valence-corrected chi connectivity index (χ4v) is 10.1. The molecule has 5 nitrogen and oxygen atoms in total. The standard InChI is InChI=1S/C53H35N5/c1-3-16-34(17-4-1)55-42-24-11-7-20-36(42)38-30-32-46-50(52(38)55)40-22-9-13-26-44(40)57(46)48-28-15-29-49(54-48)58-45-27-14-10-23-41(45)51-47(58)33-31-39-37-21-8-12-25-43(37)56(53(39)51)35-18-5-2-6-19-35/h1-11,13-24,26-33H,12,25H2. The summed E-state index contributed by atoms with van der Waals surface area (Å²) in [4.78, 5) is 5.59. The summed E-state index contributed by atoms with van der Waals surface area (Å²) in [7, 11) is 0. The highest BCUT2D eigenvalue weighted by molar-refractivity contribution is 6.26. The van der Waals surface area contributed by atoms with Crippen LogP contribution in [-0.4, -0.2) is 23.3 Å². The van der Waals surface area contributed by atoms with Gasteiger partial charge >= 0.3 is 0 Å². The maximum atomic E-state index is 5.59. The van der Waals surface area contributed by atoms with E-state index in [1.807, 2.05) is 0 Å². The van der Waals surface area contributed by atoms with Gasteiger partial charge in [-0.25, -0.2) is 4.98 Å². The quantitative estimate of drug-likeness (QED) is 0.177. The summed E-state index contributed by atoms with van der Waals surface area (Å²) in [6, 6.07) is 63.7. The van der Waals surface area contributed by atoms with Gasteiger partial charge in [-0.1, -0.05) is 121 Å². The van der Waals surface area contributed by atoms with Crippen LogP contribution in [0.4, 0.5) is 0 Å². The topological polar surface area (TPSA) is 32.6 Å². The molecular weight excluding hydrogens is 707 g/mol. The summed E-state index contributed by atoms with van der Waals surface area (Å²) in [6.45, 7) is 0. The van der Waals surface area contributed by atoms with Crippen LogP contribution >= 0.6 is 0 Å². The molecule has 5 heterocycles. The van der Waals surface area contributed by atoms with E-state index in [0.717, 1.165) is 52.2 Å². The molecule has 1 aliphatic carbocycles. The molecule has 1 aliphatic rings. The summed E-state index contributed by atoms with van der Waals surface area (Å²) < 4.78 is 9.67. The number of fused-ring (bicyclic) bond motifs is 14. The molecule has 272 valence electrons. The van der Waals surface area contributed by atoms with Crippen LogP contribution in [-0.2, 0) is 6.42 Å². The lowest BCUT2D eigenvalue weighted by molar-refractivity contribution is 0.890. The largest absolute Gasteiger partial charge is 0.312 e. The van der Waals surface area contributed by atoms with Crippen LogP contribution in [0.5, 0.6) is 0 Å². The second kappa shape index (κ2) is 11.9. The molecular formula is C53H35N5. The molecule has 5 aromatic heterocycles. The highest BCUT2D eigenvalue weighted by atomic mass is 15.1. The Kier molecular flexibility index (Phi) is 6.50. The molecule has 0 N–H and O–H groups in total. The van der Waals surface area contributed by atoms with Gasteiger partial charge in [-0.05, 0) is 79.6 Å². The van der Waals surface area contributed by atoms with Crippen LogP contribution in [0, 0.1) is 0 Å². The van der Waals surface area contributed by atoms with E-state index < -0.39 is 0 Å². The van der Waals surface area contributed by atoms with Crippen LogP contribution in [0.15, 0.2) is 182 Å². The molecule has 0 atom stereocenters. The Balaban J connectivity index is 1.10. The van der Waals surface area contributed by atoms with Crippen molar-refractivity contribution in [2.75, 3.05) is 0 Å². The molecule has 0 bridgehead atoms. The SMILES string of the molecule is C1=Cc2c(n(-c3ccccc3)c3c2ccc2c3c3ccccc3n2-c2cccc(-n3c4ccccc4c4c3ccc3c5ccccc5n(-c5ccccc5)c34)n2)CC1. The fourth-order valence-electron chi connectivity index (χ4n) is 10.1. The summed E-state index contributed by atoms with van der Waals surface area (Å²) in [5.41, 5.74) is 13.2. The molecule has 13 rings (SSSR count). The van der Waals surface area contributed by atoms with E-state index in [4.69, 9.17) is 4.98 Å². The maximum Gasteiger partial charge on any atom is 0.140 e. The van der Waals surface area contributed by atoms with Gasteiger partial charge in [0.1, 0.15) is 11.6 Å². The van der Waals surface area contributed by atoms with Crippen molar-refractivity contribution in [3.05, 3.63) is 193 Å². The van der Waals surface area contributed by atoms with E-state index in [9.17, 15) is 0 Å². The zero-order chi connectivity index (χ0) is 37.9. The third-order valence-corrected chi connectivity index (χ3v) is 12.4. The summed E-state index contributed by atoms with van der Waals surface area (Å²) in [6.07, 6.45) is 6.70. The van der Waals surface area contributed by atoms with Crippen molar-refractivity contribution < 1.29 is 0 Å². The number of pyridine rings is 1. The molecule has 58 heavy (non-hydrogen) atoms. The van der Waals surface area contributed by atoms with E-state index in [-0.39, 0.29) is 0 Å². The Morgan fingerprint density at radius 2 is 0.862 bits per heavy atom. The minimum atomic E-state index is 0.880. The maximum absolute atomic E-state index is 5.59. The fraction of sp³-hybridized carbons (Fsp3) is 0.0377. The zero-order valence-electron chi connectivity index (χ0n) is 31.5. The minimum absolute atomic E-state index is 0.880. The minimum Gasteiger partial charge on any atom is -0.312 e. The van der Waals surface area contributed by atoms with E-state index >= 15 is 0 Å². The predicted molar refractivity (Wildman–Crippen MR) is 241 cm³/mol. The van der Waals surface area contributed by atoms with Crippen molar-refractivity contribution in [1.29, 1.82) is 0 Å². The normalized spacial score (nSPS) is 13.0. The molecule has 0 fully saturated rings. The van der Waals surface area contributed by atoms with Crippen molar-refractivity contribution in [3.8, 4) is 23.0 Å². The van der Waals surface area contributed by atoms with Crippen molar-refractivity contribution in [2.45, 2.75) is 12.8 Å². The van der Waals surface area contributed by atoms with Gasteiger partial charge in [0, 0.05) is 60.3 Å². The van der Waals surface area contributed by atoms with Crippen molar-refractivity contribution in [2.24, 2.45) is 0 Å². The second-order valence-corrected chi connectivity index (χ2v) is 15.4. The van der Waals surface area contributed by atoms with Crippen molar-refractivity contribution in [3.63, 3.8) is 0 Å². The Bertz CT molecular complexity index is 3670. The Morgan fingerprint density at radius 3 is 1.48 bits per heavy atom. The Morgan fingerprint density at radius 1 is 0.362 bits per heavy atom. The van der Waals surface area contributed by atoms with Gasteiger partial charge in [-0.15, -0.1) is 0 Å². The number of nitrogens with zero attached hydrogens (tertiary/aromatic N) is 5. The van der Waals surface area contributed by atoms with Gasteiger partial charge in [-0.3, -0.25) is 9.13 Å². The molecule has 0 spiro atoms. The molecule has 0 aliphatic heterocycles. The van der Waals surface area contributed by atoms with E-state index in [1.165, 1.54) is 71.2 Å².